The van der Waals surface area contributed by atoms with Gasteiger partial charge in [0.25, 0.3) is 5.79 Å². The summed E-state index contributed by atoms with van der Waals surface area (Å²) < 4.78 is 35.4. The number of nitrogens with one attached hydrogen (secondary N) is 1. The van der Waals surface area contributed by atoms with Crippen molar-refractivity contribution in [2.75, 3.05) is 25.0 Å². The molecule has 0 aliphatic carbocycles. The number of para-hydroxylation sites is 1. The van der Waals surface area contributed by atoms with Crippen LogP contribution in [0, 0.1) is 5.82 Å². The predicted molar refractivity (Wildman–Crippen MR) is 162 cm³/mol. The average Bonchev–Trinajstić information content (AvgIpc) is 3.47. The highest BCUT2D eigenvalue weighted by Crippen LogP contribution is 2.50. The molecule has 43 heavy (non-hydrogen) atoms. The molecule has 1 N–H and O–H groups in total. The largest absolute Gasteiger partial charge is 0.444 e. The Morgan fingerprint density at radius 1 is 1.12 bits per heavy atom. The Morgan fingerprint density at radius 3 is 2.65 bits per heavy atom. The lowest BCUT2D eigenvalue weighted by Crippen LogP contribution is -2.35. The van der Waals surface area contributed by atoms with Gasteiger partial charge in [0, 0.05) is 36.7 Å². The molecule has 0 bridgehead atoms. The van der Waals surface area contributed by atoms with Crippen LogP contribution in [0.25, 0.3) is 11.0 Å². The number of amides is 1. The SMILES string of the molecule is CC(=O)Nc1ccc2c(c1)nc(CN1CCC(c3cccc4c3OC(C)(c3ccc(Cl)cc3F)O4)CC1)n2C[C@@H]1CCO1. The van der Waals surface area contributed by atoms with Crippen LogP contribution in [-0.2, 0) is 28.4 Å². The van der Waals surface area contributed by atoms with E-state index in [1.807, 2.05) is 30.3 Å². The van der Waals surface area contributed by atoms with Gasteiger partial charge in [-0.3, -0.25) is 9.69 Å². The molecule has 1 amide bonds. The lowest BCUT2D eigenvalue weighted by Gasteiger charge is -2.33. The van der Waals surface area contributed by atoms with Gasteiger partial charge in [0.15, 0.2) is 11.5 Å². The van der Waals surface area contributed by atoms with Crippen LogP contribution in [-0.4, -0.2) is 46.2 Å². The Hall–Kier alpha value is -3.66. The fourth-order valence-electron chi connectivity index (χ4n) is 6.46. The molecule has 1 unspecified atom stereocenters. The van der Waals surface area contributed by atoms with E-state index in [-0.39, 0.29) is 17.9 Å². The number of anilines is 1. The summed E-state index contributed by atoms with van der Waals surface area (Å²) in [6, 6.07) is 16.4. The summed E-state index contributed by atoms with van der Waals surface area (Å²) in [5, 5.41) is 3.19. The van der Waals surface area contributed by atoms with Crippen LogP contribution >= 0.6 is 11.6 Å². The molecule has 8 nitrogen and oxygen atoms in total. The maximum atomic E-state index is 14.8. The van der Waals surface area contributed by atoms with Crippen molar-refractivity contribution in [1.82, 2.24) is 14.5 Å². The lowest BCUT2D eigenvalue weighted by molar-refractivity contribution is -0.114. The van der Waals surface area contributed by atoms with Crippen molar-refractivity contribution < 1.29 is 23.4 Å². The van der Waals surface area contributed by atoms with Gasteiger partial charge < -0.3 is 24.1 Å². The molecule has 0 spiro atoms. The monoisotopic (exact) mass is 604 g/mol. The molecule has 4 aromatic rings. The number of benzene rings is 3. The van der Waals surface area contributed by atoms with Gasteiger partial charge in [0.2, 0.25) is 5.91 Å². The highest BCUT2D eigenvalue weighted by atomic mass is 35.5. The van der Waals surface area contributed by atoms with Gasteiger partial charge in [-0.15, -0.1) is 0 Å². The van der Waals surface area contributed by atoms with Crippen LogP contribution in [0.5, 0.6) is 11.5 Å². The Morgan fingerprint density at radius 2 is 1.93 bits per heavy atom. The van der Waals surface area contributed by atoms with Crippen molar-refractivity contribution in [3.63, 3.8) is 0 Å². The van der Waals surface area contributed by atoms with Crippen LogP contribution in [0.1, 0.15) is 56.0 Å². The fraction of sp³-hybridized carbons (Fsp3) is 0.394. The van der Waals surface area contributed by atoms with Gasteiger partial charge in [-0.05, 0) is 80.7 Å². The molecule has 10 heteroatoms. The van der Waals surface area contributed by atoms with E-state index in [1.54, 1.807) is 19.1 Å². The molecule has 2 fully saturated rings. The molecule has 7 rings (SSSR count). The third kappa shape index (κ3) is 5.46. The maximum absolute atomic E-state index is 14.8. The Labute approximate surface area is 254 Å². The summed E-state index contributed by atoms with van der Waals surface area (Å²) in [6.45, 7) is 7.35. The highest BCUT2D eigenvalue weighted by molar-refractivity contribution is 6.30. The molecular formula is C33H34ClFN4O4. The number of halogens is 2. The number of aromatic nitrogens is 2. The molecule has 3 aliphatic rings. The van der Waals surface area contributed by atoms with Crippen LogP contribution in [0.3, 0.4) is 0 Å². The van der Waals surface area contributed by atoms with Crippen molar-refractivity contribution >= 4 is 34.2 Å². The minimum atomic E-state index is -1.27. The van der Waals surface area contributed by atoms with E-state index in [0.717, 1.165) is 80.2 Å². The Balaban J connectivity index is 1.07. The molecule has 1 aromatic heterocycles. The summed E-state index contributed by atoms with van der Waals surface area (Å²) in [4.78, 5) is 19.0. The summed E-state index contributed by atoms with van der Waals surface area (Å²) in [5.74, 6) is 0.775. The number of ether oxygens (including phenoxy) is 3. The van der Waals surface area contributed by atoms with E-state index in [4.69, 9.17) is 30.8 Å². The number of nitrogens with zero attached hydrogens (tertiary/aromatic N) is 3. The van der Waals surface area contributed by atoms with Crippen molar-refractivity contribution in [3.05, 3.63) is 82.4 Å². The van der Waals surface area contributed by atoms with Gasteiger partial charge in [-0.2, -0.15) is 0 Å². The van der Waals surface area contributed by atoms with Crippen LogP contribution in [0.2, 0.25) is 5.02 Å². The number of hydrogen-bond donors (Lipinski definition) is 1. The number of carbonyl (C=O) groups is 1. The molecule has 2 saturated heterocycles. The first-order chi connectivity index (χ1) is 20.8. The highest BCUT2D eigenvalue weighted by Gasteiger charge is 2.43. The number of fused-ring (bicyclic) bond motifs is 2. The van der Waals surface area contributed by atoms with Gasteiger partial charge >= 0.3 is 0 Å². The first-order valence-corrected chi connectivity index (χ1v) is 15.2. The van der Waals surface area contributed by atoms with Crippen LogP contribution < -0.4 is 14.8 Å². The van der Waals surface area contributed by atoms with Crippen LogP contribution in [0.15, 0.2) is 54.6 Å². The first-order valence-electron chi connectivity index (χ1n) is 14.8. The average molecular weight is 605 g/mol. The molecule has 3 aromatic carbocycles. The summed E-state index contributed by atoms with van der Waals surface area (Å²) in [6.07, 6.45) is 3.15. The molecule has 0 radical (unpaired) electrons. The second-order valence-electron chi connectivity index (χ2n) is 11.8. The molecule has 0 saturated carbocycles. The smallest absolute Gasteiger partial charge is 0.278 e. The summed E-state index contributed by atoms with van der Waals surface area (Å²) in [7, 11) is 0. The van der Waals surface area contributed by atoms with E-state index in [9.17, 15) is 9.18 Å². The van der Waals surface area contributed by atoms with Gasteiger partial charge in [-0.25, -0.2) is 9.37 Å². The van der Waals surface area contributed by atoms with Crippen molar-refractivity contribution in [2.45, 2.75) is 64.0 Å². The van der Waals surface area contributed by atoms with Crippen molar-refractivity contribution in [1.29, 1.82) is 0 Å². The predicted octanol–water partition coefficient (Wildman–Crippen LogP) is 6.60. The second kappa shape index (κ2) is 11.1. The Bertz CT molecular complexity index is 1700. The number of likely N-dealkylation sites (tertiary alicyclic amines) is 1. The molecular weight excluding hydrogens is 571 g/mol. The zero-order chi connectivity index (χ0) is 29.7. The number of imidazole rings is 1. The standard InChI is InChI=1S/C33H34ClFN4O4/c1-20(40)36-23-7-9-29-28(17-23)37-31(39(29)18-24-12-15-41-24)19-38-13-10-21(11-14-38)25-4-3-5-30-32(25)43-33(2,42-30)26-8-6-22(34)16-27(26)35/h3-9,16-17,21,24H,10-15,18-19H2,1-2H3,(H,36,40)/t24-,33?/m0/s1. The van der Waals surface area contributed by atoms with E-state index in [1.165, 1.54) is 13.0 Å². The summed E-state index contributed by atoms with van der Waals surface area (Å²) >= 11 is 5.98. The van der Waals surface area contributed by atoms with E-state index < -0.39 is 11.6 Å². The maximum Gasteiger partial charge on any atom is 0.278 e. The zero-order valence-electron chi connectivity index (χ0n) is 24.2. The molecule has 4 heterocycles. The minimum absolute atomic E-state index is 0.104. The number of hydrogen-bond acceptors (Lipinski definition) is 6. The van der Waals surface area contributed by atoms with Gasteiger partial charge in [-0.1, -0.05) is 23.7 Å². The van der Waals surface area contributed by atoms with E-state index in [2.05, 4.69) is 20.9 Å². The second-order valence-corrected chi connectivity index (χ2v) is 12.2. The van der Waals surface area contributed by atoms with Crippen molar-refractivity contribution in [3.8, 4) is 11.5 Å². The number of piperidine rings is 1. The summed E-state index contributed by atoms with van der Waals surface area (Å²) in [5.41, 5.74) is 4.07. The topological polar surface area (TPSA) is 77.9 Å². The van der Waals surface area contributed by atoms with Crippen molar-refractivity contribution in [2.24, 2.45) is 0 Å². The minimum Gasteiger partial charge on any atom is -0.444 e. The van der Waals surface area contributed by atoms with Gasteiger partial charge in [0.05, 0.1) is 35.8 Å². The van der Waals surface area contributed by atoms with E-state index >= 15 is 0 Å². The quantitative estimate of drug-likeness (QED) is 0.256. The molecule has 3 aliphatic heterocycles. The van der Waals surface area contributed by atoms with Crippen LogP contribution in [0.4, 0.5) is 10.1 Å². The number of carbonyl (C=O) groups excluding carboxylic acids is 1. The first kappa shape index (κ1) is 28.1. The molecule has 224 valence electrons. The van der Waals surface area contributed by atoms with E-state index in [0.29, 0.717) is 22.1 Å². The number of rotatable bonds is 7. The lowest BCUT2D eigenvalue weighted by atomic mass is 9.88. The third-order valence-electron chi connectivity index (χ3n) is 8.75. The normalized spacial score (nSPS) is 22.1. The Kier molecular flexibility index (Phi) is 7.27. The third-order valence-corrected chi connectivity index (χ3v) is 8.99. The van der Waals surface area contributed by atoms with Gasteiger partial charge in [0.1, 0.15) is 11.6 Å². The molecule has 2 atom stereocenters. The fourth-order valence-corrected chi connectivity index (χ4v) is 6.62. The zero-order valence-corrected chi connectivity index (χ0v) is 25.0.